The van der Waals surface area contributed by atoms with Gasteiger partial charge in [-0.05, 0) is 30.0 Å². The number of pyridine rings is 3. The highest BCUT2D eigenvalue weighted by molar-refractivity contribution is 7.98. The van der Waals surface area contributed by atoms with Crippen molar-refractivity contribution >= 4 is 45.7 Å². The van der Waals surface area contributed by atoms with Crippen LogP contribution in [0.4, 0.5) is 5.82 Å². The van der Waals surface area contributed by atoms with Crippen LogP contribution in [0.15, 0.2) is 41.7 Å². The zero-order valence-corrected chi connectivity index (χ0v) is 15.3. The first kappa shape index (κ1) is 16.2. The fourth-order valence-electron chi connectivity index (χ4n) is 2.72. The lowest BCUT2D eigenvalue weighted by Crippen LogP contribution is -2.19. The van der Waals surface area contributed by atoms with Crippen molar-refractivity contribution < 1.29 is 4.74 Å². The van der Waals surface area contributed by atoms with E-state index >= 15 is 0 Å². The molecule has 3 aromatic rings. The van der Waals surface area contributed by atoms with Gasteiger partial charge in [0.15, 0.2) is 17.2 Å². The third kappa shape index (κ3) is 3.43. The number of hydrogen-bond donors (Lipinski definition) is 1. The molecular formula is C18H16N4OS2. The van der Waals surface area contributed by atoms with E-state index in [1.807, 2.05) is 24.7 Å². The van der Waals surface area contributed by atoms with Gasteiger partial charge in [0.1, 0.15) is 6.61 Å². The third-order valence-corrected chi connectivity index (χ3v) is 5.07. The van der Waals surface area contributed by atoms with Crippen LogP contribution in [0.25, 0.3) is 11.0 Å². The highest BCUT2D eigenvalue weighted by atomic mass is 32.2. The second-order valence-corrected chi connectivity index (χ2v) is 7.08. The number of aromatic nitrogens is 3. The maximum absolute atomic E-state index is 5.64. The lowest BCUT2D eigenvalue weighted by molar-refractivity contribution is 0.321. The molecule has 0 saturated carbocycles. The van der Waals surface area contributed by atoms with Crippen LogP contribution in [-0.2, 0) is 6.42 Å². The first-order valence-electron chi connectivity index (χ1n) is 7.91. The van der Waals surface area contributed by atoms with Crippen LogP contribution in [0.5, 0.6) is 5.75 Å². The van der Waals surface area contributed by atoms with E-state index < -0.39 is 0 Å². The molecule has 1 N–H and O–H groups in total. The number of rotatable bonds is 4. The molecule has 4 heterocycles. The van der Waals surface area contributed by atoms with Crippen LogP contribution in [0, 0.1) is 0 Å². The van der Waals surface area contributed by atoms with Gasteiger partial charge in [-0.1, -0.05) is 12.2 Å². The molecule has 0 atom stereocenters. The fourth-order valence-corrected chi connectivity index (χ4v) is 3.40. The number of fused-ring (bicyclic) bond motifs is 2. The largest absolute Gasteiger partial charge is 0.488 e. The van der Waals surface area contributed by atoms with E-state index in [-0.39, 0.29) is 0 Å². The third-order valence-electron chi connectivity index (χ3n) is 3.99. The highest BCUT2D eigenvalue weighted by Gasteiger charge is 2.14. The summed E-state index contributed by atoms with van der Waals surface area (Å²) in [4.78, 5) is 15.2. The average Bonchev–Trinajstić information content (AvgIpc) is 2.67. The minimum atomic E-state index is 0.635. The van der Waals surface area contributed by atoms with E-state index in [0.29, 0.717) is 13.0 Å². The van der Waals surface area contributed by atoms with Gasteiger partial charge in [0.05, 0.1) is 6.54 Å². The van der Waals surface area contributed by atoms with Crippen LogP contribution < -0.4 is 10.1 Å². The molecule has 0 spiro atoms. The smallest absolute Gasteiger partial charge is 0.168 e. The maximum atomic E-state index is 5.64. The van der Waals surface area contributed by atoms with Gasteiger partial charge < -0.3 is 10.1 Å². The predicted molar refractivity (Wildman–Crippen MR) is 105 cm³/mol. The quantitative estimate of drug-likeness (QED) is 0.429. The van der Waals surface area contributed by atoms with E-state index in [1.165, 1.54) is 0 Å². The first-order valence-corrected chi connectivity index (χ1v) is 9.55. The van der Waals surface area contributed by atoms with Crippen LogP contribution in [-0.4, -0.2) is 39.2 Å². The zero-order chi connectivity index (χ0) is 17.2. The van der Waals surface area contributed by atoms with Crippen LogP contribution in [0.3, 0.4) is 0 Å². The number of nitrogens with one attached hydrogen (secondary N) is 1. The molecule has 0 aromatic carbocycles. The molecule has 0 unspecified atom stereocenters. The molecule has 7 heteroatoms. The van der Waals surface area contributed by atoms with E-state index in [2.05, 4.69) is 32.4 Å². The second-order valence-electron chi connectivity index (χ2n) is 5.71. The molecule has 3 aromatic heterocycles. The van der Waals surface area contributed by atoms with Crippen molar-refractivity contribution in [1.29, 1.82) is 0 Å². The van der Waals surface area contributed by atoms with Crippen molar-refractivity contribution in [3.8, 4) is 5.75 Å². The lowest BCUT2D eigenvalue weighted by Gasteiger charge is -2.18. The summed E-state index contributed by atoms with van der Waals surface area (Å²) in [6.07, 6.45) is 8.15. The summed E-state index contributed by atoms with van der Waals surface area (Å²) in [5.74, 6) is 1.54. The summed E-state index contributed by atoms with van der Waals surface area (Å²) in [5.41, 5.74) is 2.73. The average molecular weight is 368 g/mol. The number of thioether (sulfide) groups is 1. The minimum Gasteiger partial charge on any atom is -0.488 e. The number of anilines is 1. The summed E-state index contributed by atoms with van der Waals surface area (Å²) < 4.78 is 5.64. The van der Waals surface area contributed by atoms with E-state index in [1.54, 1.807) is 18.0 Å². The summed E-state index contributed by atoms with van der Waals surface area (Å²) in [6, 6.07) is 6.16. The Kier molecular flexibility index (Phi) is 4.50. The molecule has 0 bridgehead atoms. The Morgan fingerprint density at radius 2 is 2.08 bits per heavy atom. The molecule has 25 heavy (non-hydrogen) atoms. The summed E-state index contributed by atoms with van der Waals surface area (Å²) in [7, 11) is 0. The van der Waals surface area contributed by atoms with Crippen molar-refractivity contribution in [2.45, 2.75) is 11.3 Å². The molecule has 0 aliphatic carbocycles. The molecule has 126 valence electrons. The summed E-state index contributed by atoms with van der Waals surface area (Å²) in [5, 5.41) is 4.24. The van der Waals surface area contributed by atoms with Crippen molar-refractivity contribution in [3.63, 3.8) is 0 Å². The SMILES string of the molecule is CSc1cnc2ncc(CC(=S)c3cnc4c(c3)OCCN4)cc2c1. The molecule has 0 saturated heterocycles. The van der Waals surface area contributed by atoms with E-state index in [0.717, 1.165) is 50.0 Å². The molecule has 4 rings (SSSR count). The van der Waals surface area contributed by atoms with Crippen LogP contribution in [0.2, 0.25) is 0 Å². The maximum Gasteiger partial charge on any atom is 0.168 e. The molecule has 1 aliphatic heterocycles. The highest BCUT2D eigenvalue weighted by Crippen LogP contribution is 2.26. The van der Waals surface area contributed by atoms with E-state index in [9.17, 15) is 0 Å². The molecule has 0 fully saturated rings. The number of hydrogen-bond acceptors (Lipinski definition) is 7. The molecule has 0 radical (unpaired) electrons. The lowest BCUT2D eigenvalue weighted by atomic mass is 10.1. The van der Waals surface area contributed by atoms with Crippen molar-refractivity contribution in [2.75, 3.05) is 24.7 Å². The summed E-state index contributed by atoms with van der Waals surface area (Å²) in [6.45, 7) is 1.42. The summed E-state index contributed by atoms with van der Waals surface area (Å²) >= 11 is 7.28. The molecule has 0 amide bonds. The second kappa shape index (κ2) is 6.93. The molecule has 1 aliphatic rings. The first-order chi connectivity index (χ1) is 12.2. The van der Waals surface area contributed by atoms with Gasteiger partial charge in [-0.3, -0.25) is 0 Å². The predicted octanol–water partition coefficient (Wildman–Crippen LogP) is 3.51. The van der Waals surface area contributed by atoms with Gasteiger partial charge in [0, 0.05) is 45.7 Å². The van der Waals surface area contributed by atoms with Gasteiger partial charge in [-0.15, -0.1) is 11.8 Å². The van der Waals surface area contributed by atoms with Gasteiger partial charge in [0.25, 0.3) is 0 Å². The topological polar surface area (TPSA) is 59.9 Å². The number of ether oxygens (including phenoxy) is 1. The fraction of sp³-hybridized carbons (Fsp3) is 0.222. The number of thiocarbonyl (C=S) groups is 1. The normalized spacial score (nSPS) is 13.0. The van der Waals surface area contributed by atoms with Gasteiger partial charge in [-0.2, -0.15) is 0 Å². The Hall–Kier alpha value is -2.25. The Morgan fingerprint density at radius 3 is 2.96 bits per heavy atom. The van der Waals surface area contributed by atoms with Gasteiger partial charge >= 0.3 is 0 Å². The standard InChI is InChI=1S/C18H16N4OS2/c1-25-14-6-12-4-11(8-20-17(12)22-10-14)5-16(24)13-7-15-18(21-9-13)19-2-3-23-15/h4,6-10H,2-3,5H2,1H3,(H,19,21). The van der Waals surface area contributed by atoms with E-state index in [4.69, 9.17) is 17.0 Å². The van der Waals surface area contributed by atoms with Crippen LogP contribution >= 0.6 is 24.0 Å². The Labute approximate surface area is 155 Å². The zero-order valence-electron chi connectivity index (χ0n) is 13.7. The van der Waals surface area contributed by atoms with Crippen molar-refractivity contribution in [1.82, 2.24) is 15.0 Å². The Morgan fingerprint density at radius 1 is 1.20 bits per heavy atom. The van der Waals surface area contributed by atoms with Crippen molar-refractivity contribution in [2.24, 2.45) is 0 Å². The molecule has 5 nitrogen and oxygen atoms in total. The van der Waals surface area contributed by atoms with Gasteiger partial charge in [0.2, 0.25) is 0 Å². The monoisotopic (exact) mass is 368 g/mol. The Bertz CT molecular complexity index is 961. The minimum absolute atomic E-state index is 0.635. The molecular weight excluding hydrogens is 352 g/mol. The Balaban J connectivity index is 1.58. The van der Waals surface area contributed by atoms with Crippen LogP contribution in [0.1, 0.15) is 11.1 Å². The van der Waals surface area contributed by atoms with Gasteiger partial charge in [-0.25, -0.2) is 15.0 Å². The van der Waals surface area contributed by atoms with Crippen molar-refractivity contribution in [3.05, 3.63) is 47.9 Å². The number of nitrogens with zero attached hydrogens (tertiary/aromatic N) is 3.